The number of hydrogen-bond donors (Lipinski definition) is 1. The van der Waals surface area contributed by atoms with E-state index in [4.69, 9.17) is 0 Å². The van der Waals surface area contributed by atoms with Gasteiger partial charge in [-0.15, -0.1) is 0 Å². The molecular weight excluding hydrogens is 276 g/mol. The molecule has 2 aromatic heterocycles. The second-order valence-corrected chi connectivity index (χ2v) is 4.81. The maximum Gasteiger partial charge on any atom is 0.266 e. The van der Waals surface area contributed by atoms with E-state index in [1.54, 1.807) is 24.5 Å². The summed E-state index contributed by atoms with van der Waals surface area (Å²) in [4.78, 5) is 15.9. The Morgan fingerprint density at radius 2 is 1.73 bits per heavy atom. The Balaban J connectivity index is 1.72. The Bertz CT molecular complexity index is 785. The fourth-order valence-electron chi connectivity index (χ4n) is 2.15. The van der Waals surface area contributed by atoms with Crippen LogP contribution in [0.3, 0.4) is 0 Å². The SMILES string of the molecule is O=c1ccc(-c2ccccc2)nn1CCNc1ccncc1. The van der Waals surface area contributed by atoms with Crippen molar-refractivity contribution in [2.45, 2.75) is 6.54 Å². The topological polar surface area (TPSA) is 59.8 Å². The van der Waals surface area contributed by atoms with Gasteiger partial charge < -0.3 is 5.32 Å². The van der Waals surface area contributed by atoms with Crippen molar-refractivity contribution in [1.82, 2.24) is 14.8 Å². The van der Waals surface area contributed by atoms with Crippen molar-refractivity contribution in [3.8, 4) is 11.3 Å². The Morgan fingerprint density at radius 1 is 0.955 bits per heavy atom. The van der Waals surface area contributed by atoms with Gasteiger partial charge in [-0.3, -0.25) is 9.78 Å². The molecule has 0 unspecified atom stereocenters. The Labute approximate surface area is 128 Å². The van der Waals surface area contributed by atoms with Crippen LogP contribution >= 0.6 is 0 Å². The third-order valence-electron chi connectivity index (χ3n) is 3.27. The van der Waals surface area contributed by atoms with E-state index in [0.29, 0.717) is 13.1 Å². The van der Waals surface area contributed by atoms with Gasteiger partial charge in [0.1, 0.15) is 0 Å². The Hall–Kier alpha value is -2.95. The fraction of sp³-hybridized carbons (Fsp3) is 0.118. The molecule has 0 spiro atoms. The van der Waals surface area contributed by atoms with Gasteiger partial charge in [0.2, 0.25) is 0 Å². The summed E-state index contributed by atoms with van der Waals surface area (Å²) in [5.74, 6) is 0. The van der Waals surface area contributed by atoms with Crippen LogP contribution in [0.15, 0.2) is 71.8 Å². The molecule has 3 aromatic rings. The minimum absolute atomic E-state index is 0.101. The van der Waals surface area contributed by atoms with Crippen LogP contribution in [-0.4, -0.2) is 21.3 Å². The van der Waals surface area contributed by atoms with Gasteiger partial charge in [-0.05, 0) is 18.2 Å². The monoisotopic (exact) mass is 292 g/mol. The molecule has 0 saturated carbocycles. The van der Waals surface area contributed by atoms with Crippen LogP contribution in [0.2, 0.25) is 0 Å². The van der Waals surface area contributed by atoms with Crippen molar-refractivity contribution in [1.29, 1.82) is 0 Å². The summed E-state index contributed by atoms with van der Waals surface area (Å²) in [5, 5.41) is 7.67. The van der Waals surface area contributed by atoms with Gasteiger partial charge >= 0.3 is 0 Å². The van der Waals surface area contributed by atoms with E-state index in [2.05, 4.69) is 15.4 Å². The largest absolute Gasteiger partial charge is 0.383 e. The first kappa shape index (κ1) is 14.0. The lowest BCUT2D eigenvalue weighted by Crippen LogP contribution is -2.25. The summed E-state index contributed by atoms with van der Waals surface area (Å²) in [5.41, 5.74) is 2.67. The first-order valence-electron chi connectivity index (χ1n) is 7.10. The summed E-state index contributed by atoms with van der Waals surface area (Å²) >= 11 is 0. The lowest BCUT2D eigenvalue weighted by atomic mass is 10.1. The number of anilines is 1. The molecule has 5 nitrogen and oxygen atoms in total. The molecule has 1 aromatic carbocycles. The van der Waals surface area contributed by atoms with Gasteiger partial charge in [0, 0.05) is 36.3 Å². The first-order chi connectivity index (χ1) is 10.8. The van der Waals surface area contributed by atoms with Crippen LogP contribution < -0.4 is 10.9 Å². The van der Waals surface area contributed by atoms with Gasteiger partial charge in [0.25, 0.3) is 5.56 Å². The van der Waals surface area contributed by atoms with Crippen molar-refractivity contribution >= 4 is 5.69 Å². The second kappa shape index (κ2) is 6.67. The number of rotatable bonds is 5. The zero-order valence-electron chi connectivity index (χ0n) is 12.0. The number of nitrogens with zero attached hydrogens (tertiary/aromatic N) is 3. The smallest absolute Gasteiger partial charge is 0.266 e. The molecule has 0 bridgehead atoms. The molecule has 1 N–H and O–H groups in total. The summed E-state index contributed by atoms with van der Waals surface area (Å²) in [6, 6.07) is 16.9. The van der Waals surface area contributed by atoms with Gasteiger partial charge in [0.15, 0.2) is 0 Å². The van der Waals surface area contributed by atoms with Gasteiger partial charge in [-0.25, -0.2) is 4.68 Å². The Morgan fingerprint density at radius 3 is 2.50 bits per heavy atom. The van der Waals surface area contributed by atoms with Crippen LogP contribution in [0.1, 0.15) is 0 Å². The van der Waals surface area contributed by atoms with E-state index in [1.165, 1.54) is 4.68 Å². The quantitative estimate of drug-likeness (QED) is 0.784. The third-order valence-corrected chi connectivity index (χ3v) is 3.27. The molecule has 0 aliphatic rings. The maximum atomic E-state index is 11.9. The zero-order valence-corrected chi connectivity index (χ0v) is 12.0. The number of aromatic nitrogens is 3. The highest BCUT2D eigenvalue weighted by Crippen LogP contribution is 2.13. The average molecular weight is 292 g/mol. The normalized spacial score (nSPS) is 10.4. The lowest BCUT2D eigenvalue weighted by molar-refractivity contribution is 0.601. The van der Waals surface area contributed by atoms with Gasteiger partial charge in [-0.1, -0.05) is 30.3 Å². The number of benzene rings is 1. The molecule has 0 fully saturated rings. The maximum absolute atomic E-state index is 11.9. The zero-order chi connectivity index (χ0) is 15.2. The molecule has 0 amide bonds. The molecule has 0 aliphatic heterocycles. The van der Waals surface area contributed by atoms with Gasteiger partial charge in [-0.2, -0.15) is 5.10 Å². The Kier molecular flexibility index (Phi) is 4.25. The molecule has 5 heteroatoms. The van der Waals surface area contributed by atoms with Crippen LogP contribution in [-0.2, 0) is 6.54 Å². The molecular formula is C17H16N4O. The molecule has 110 valence electrons. The molecule has 3 rings (SSSR count). The number of hydrogen-bond acceptors (Lipinski definition) is 4. The van der Waals surface area contributed by atoms with E-state index in [9.17, 15) is 4.79 Å². The minimum Gasteiger partial charge on any atom is -0.383 e. The summed E-state index contributed by atoms with van der Waals surface area (Å²) in [7, 11) is 0. The van der Waals surface area contributed by atoms with E-state index in [1.807, 2.05) is 42.5 Å². The summed E-state index contributed by atoms with van der Waals surface area (Å²) < 4.78 is 1.48. The predicted octanol–water partition coefficient (Wildman–Crippen LogP) is 2.42. The second-order valence-electron chi connectivity index (χ2n) is 4.81. The summed E-state index contributed by atoms with van der Waals surface area (Å²) in [6.45, 7) is 1.12. The molecule has 2 heterocycles. The van der Waals surface area contributed by atoms with Crippen molar-refractivity contribution in [3.63, 3.8) is 0 Å². The minimum atomic E-state index is -0.101. The fourth-order valence-corrected chi connectivity index (χ4v) is 2.15. The van der Waals surface area contributed by atoms with Crippen molar-refractivity contribution in [2.75, 3.05) is 11.9 Å². The number of nitrogens with one attached hydrogen (secondary N) is 1. The van der Waals surface area contributed by atoms with Crippen molar-refractivity contribution < 1.29 is 0 Å². The van der Waals surface area contributed by atoms with E-state index < -0.39 is 0 Å². The van der Waals surface area contributed by atoms with E-state index >= 15 is 0 Å². The van der Waals surface area contributed by atoms with E-state index in [0.717, 1.165) is 16.9 Å². The first-order valence-corrected chi connectivity index (χ1v) is 7.10. The standard InChI is InChI=1S/C17H16N4O/c22-17-7-6-16(14-4-2-1-3-5-14)20-21(17)13-12-19-15-8-10-18-11-9-15/h1-11H,12-13H2,(H,18,19). The lowest BCUT2D eigenvalue weighted by Gasteiger charge is -2.09. The highest BCUT2D eigenvalue weighted by molar-refractivity contribution is 5.57. The van der Waals surface area contributed by atoms with Gasteiger partial charge in [0.05, 0.1) is 12.2 Å². The summed E-state index contributed by atoms with van der Waals surface area (Å²) in [6.07, 6.45) is 3.45. The highest BCUT2D eigenvalue weighted by Gasteiger charge is 2.02. The van der Waals surface area contributed by atoms with E-state index in [-0.39, 0.29) is 5.56 Å². The molecule has 0 saturated heterocycles. The highest BCUT2D eigenvalue weighted by atomic mass is 16.1. The average Bonchev–Trinajstić information content (AvgIpc) is 2.58. The van der Waals surface area contributed by atoms with Crippen LogP contribution in [0.4, 0.5) is 5.69 Å². The molecule has 0 aliphatic carbocycles. The molecule has 22 heavy (non-hydrogen) atoms. The molecule has 0 atom stereocenters. The van der Waals surface area contributed by atoms with Crippen LogP contribution in [0, 0.1) is 0 Å². The van der Waals surface area contributed by atoms with Crippen LogP contribution in [0.25, 0.3) is 11.3 Å². The predicted molar refractivity (Wildman–Crippen MR) is 86.7 cm³/mol. The van der Waals surface area contributed by atoms with Crippen molar-refractivity contribution in [3.05, 3.63) is 77.3 Å². The molecule has 0 radical (unpaired) electrons. The van der Waals surface area contributed by atoms with Crippen LogP contribution in [0.5, 0.6) is 0 Å². The van der Waals surface area contributed by atoms with Crippen molar-refractivity contribution in [2.24, 2.45) is 0 Å². The number of pyridine rings is 1. The third kappa shape index (κ3) is 3.38.